The van der Waals surface area contributed by atoms with Crippen molar-refractivity contribution in [3.05, 3.63) is 0 Å². The normalized spacial score (nSPS) is 28.4. The lowest BCUT2D eigenvalue weighted by molar-refractivity contribution is -0.195. The van der Waals surface area contributed by atoms with E-state index in [-0.39, 0.29) is 24.9 Å². The summed E-state index contributed by atoms with van der Waals surface area (Å²) in [5, 5.41) is 8.91. The highest BCUT2D eigenvalue weighted by Gasteiger charge is 2.20. The van der Waals surface area contributed by atoms with Crippen molar-refractivity contribution in [3.63, 3.8) is 0 Å². The van der Waals surface area contributed by atoms with E-state index in [1.807, 2.05) is 13.8 Å². The quantitative estimate of drug-likeness (QED) is 0.727. The minimum Gasteiger partial charge on any atom is -0.396 e. The summed E-state index contributed by atoms with van der Waals surface area (Å²) >= 11 is 0. The Bertz CT molecular complexity index is 132. The van der Waals surface area contributed by atoms with Gasteiger partial charge in [-0.1, -0.05) is 6.92 Å². The van der Waals surface area contributed by atoms with E-state index in [4.69, 9.17) is 14.6 Å². The van der Waals surface area contributed by atoms with Crippen molar-refractivity contribution in [3.8, 4) is 0 Å². The van der Waals surface area contributed by atoms with Gasteiger partial charge in [-0.3, -0.25) is 0 Å². The van der Waals surface area contributed by atoms with Crippen LogP contribution in [-0.4, -0.2) is 30.7 Å². The van der Waals surface area contributed by atoms with Crippen LogP contribution in [0.5, 0.6) is 0 Å². The van der Waals surface area contributed by atoms with E-state index in [0.29, 0.717) is 0 Å². The second-order valence-electron chi connectivity index (χ2n) is 3.80. The molecule has 1 rings (SSSR count). The largest absolute Gasteiger partial charge is 0.396 e. The number of rotatable bonds is 4. The van der Waals surface area contributed by atoms with Crippen LogP contribution < -0.4 is 0 Å². The van der Waals surface area contributed by atoms with Gasteiger partial charge in [0.15, 0.2) is 6.29 Å². The topological polar surface area (TPSA) is 38.7 Å². The molecule has 0 saturated carbocycles. The molecule has 78 valence electrons. The molecule has 3 atom stereocenters. The van der Waals surface area contributed by atoms with E-state index in [9.17, 15) is 0 Å². The van der Waals surface area contributed by atoms with Crippen LogP contribution in [0.3, 0.4) is 0 Å². The monoisotopic (exact) mass is 188 g/mol. The van der Waals surface area contributed by atoms with Gasteiger partial charge in [0.1, 0.15) is 0 Å². The minimum absolute atomic E-state index is 0.0438. The number of aliphatic hydroxyl groups excluding tert-OH is 1. The van der Waals surface area contributed by atoms with E-state index in [1.165, 1.54) is 6.42 Å². The van der Waals surface area contributed by atoms with E-state index in [2.05, 4.69) is 0 Å². The first kappa shape index (κ1) is 11.0. The Kier molecular flexibility index (Phi) is 4.70. The van der Waals surface area contributed by atoms with Crippen molar-refractivity contribution in [2.24, 2.45) is 5.92 Å². The molecule has 0 aromatic carbocycles. The standard InChI is InChI=1S/C10H20O3/c1-8(7-11)9(2)13-10-5-3-4-6-12-10/h8-11H,3-7H2,1-2H3/t8-,9-,10?/m1/s1. The van der Waals surface area contributed by atoms with Crippen LogP contribution >= 0.6 is 0 Å². The van der Waals surface area contributed by atoms with Crippen LogP contribution in [0, 0.1) is 5.92 Å². The third kappa shape index (κ3) is 3.63. The van der Waals surface area contributed by atoms with Crippen LogP contribution in [0.1, 0.15) is 33.1 Å². The minimum atomic E-state index is -0.0438. The van der Waals surface area contributed by atoms with E-state index >= 15 is 0 Å². The summed E-state index contributed by atoms with van der Waals surface area (Å²) in [5.74, 6) is 0.186. The molecule has 0 radical (unpaired) electrons. The van der Waals surface area contributed by atoms with Gasteiger partial charge in [0.05, 0.1) is 6.10 Å². The fraction of sp³-hybridized carbons (Fsp3) is 1.00. The molecule has 13 heavy (non-hydrogen) atoms. The van der Waals surface area contributed by atoms with Crippen LogP contribution in [0.2, 0.25) is 0 Å². The molecule has 3 heteroatoms. The van der Waals surface area contributed by atoms with Gasteiger partial charge in [0, 0.05) is 19.1 Å². The Labute approximate surface area is 80.0 Å². The van der Waals surface area contributed by atoms with Gasteiger partial charge in [-0.2, -0.15) is 0 Å². The second-order valence-corrected chi connectivity index (χ2v) is 3.80. The van der Waals surface area contributed by atoms with Crippen LogP contribution in [0.4, 0.5) is 0 Å². The number of hydrogen-bond donors (Lipinski definition) is 1. The van der Waals surface area contributed by atoms with E-state index < -0.39 is 0 Å². The summed E-state index contributed by atoms with van der Waals surface area (Å²) in [4.78, 5) is 0. The molecule has 0 aromatic heterocycles. The Balaban J connectivity index is 2.21. The Morgan fingerprint density at radius 1 is 1.46 bits per heavy atom. The third-order valence-electron chi connectivity index (χ3n) is 2.59. The zero-order valence-electron chi connectivity index (χ0n) is 8.53. The maximum Gasteiger partial charge on any atom is 0.157 e. The maximum absolute atomic E-state index is 8.91. The van der Waals surface area contributed by atoms with Crippen molar-refractivity contribution >= 4 is 0 Å². The predicted molar refractivity (Wildman–Crippen MR) is 50.4 cm³/mol. The second kappa shape index (κ2) is 5.58. The molecule has 0 aliphatic carbocycles. The summed E-state index contributed by atoms with van der Waals surface area (Å²) in [6.07, 6.45) is 3.35. The molecule has 1 fully saturated rings. The van der Waals surface area contributed by atoms with Gasteiger partial charge in [-0.05, 0) is 26.2 Å². The predicted octanol–water partition coefficient (Wildman–Crippen LogP) is 1.55. The summed E-state index contributed by atoms with van der Waals surface area (Å²) in [7, 11) is 0. The lowest BCUT2D eigenvalue weighted by atomic mass is 10.1. The van der Waals surface area contributed by atoms with Gasteiger partial charge in [-0.15, -0.1) is 0 Å². The number of hydrogen-bond acceptors (Lipinski definition) is 3. The molecular formula is C10H20O3. The highest BCUT2D eigenvalue weighted by atomic mass is 16.7. The number of aliphatic hydroxyl groups is 1. The average Bonchev–Trinajstić information content (AvgIpc) is 2.18. The molecule has 3 nitrogen and oxygen atoms in total. The third-order valence-corrected chi connectivity index (χ3v) is 2.59. The molecule has 0 aromatic rings. The summed E-state index contributed by atoms with van der Waals surface area (Å²) in [5.41, 5.74) is 0. The molecule has 1 unspecified atom stereocenters. The first-order valence-electron chi connectivity index (χ1n) is 5.12. The van der Waals surface area contributed by atoms with E-state index in [1.54, 1.807) is 0 Å². The van der Waals surface area contributed by atoms with Gasteiger partial charge in [0.25, 0.3) is 0 Å². The summed E-state index contributed by atoms with van der Waals surface area (Å²) in [6.45, 7) is 4.95. The van der Waals surface area contributed by atoms with Crippen LogP contribution in [0.25, 0.3) is 0 Å². The lowest BCUT2D eigenvalue weighted by Crippen LogP contribution is -2.30. The molecule has 0 bridgehead atoms. The molecule has 1 aliphatic heterocycles. The average molecular weight is 188 g/mol. The molecule has 0 spiro atoms. The molecular weight excluding hydrogens is 168 g/mol. The first-order chi connectivity index (χ1) is 6.24. The zero-order chi connectivity index (χ0) is 9.68. The van der Waals surface area contributed by atoms with E-state index in [0.717, 1.165) is 19.4 Å². The molecule has 1 aliphatic rings. The van der Waals surface area contributed by atoms with Crippen molar-refractivity contribution in [1.29, 1.82) is 0 Å². The first-order valence-corrected chi connectivity index (χ1v) is 5.12. The zero-order valence-corrected chi connectivity index (χ0v) is 8.53. The highest BCUT2D eigenvalue weighted by Crippen LogP contribution is 2.17. The SMILES string of the molecule is C[C@H](CO)[C@@H](C)OC1CCCCO1. The van der Waals surface area contributed by atoms with Crippen molar-refractivity contribution in [2.75, 3.05) is 13.2 Å². The summed E-state index contributed by atoms with van der Waals surface area (Å²) in [6, 6.07) is 0. The molecule has 1 N–H and O–H groups in total. The molecule has 1 saturated heterocycles. The van der Waals surface area contributed by atoms with Gasteiger partial charge >= 0.3 is 0 Å². The Morgan fingerprint density at radius 3 is 2.77 bits per heavy atom. The van der Waals surface area contributed by atoms with Crippen molar-refractivity contribution < 1.29 is 14.6 Å². The van der Waals surface area contributed by atoms with Crippen molar-refractivity contribution in [2.45, 2.75) is 45.5 Å². The maximum atomic E-state index is 8.91. The summed E-state index contributed by atoms with van der Waals surface area (Å²) < 4.78 is 11.1. The molecule has 1 heterocycles. The van der Waals surface area contributed by atoms with Gasteiger partial charge in [-0.25, -0.2) is 0 Å². The smallest absolute Gasteiger partial charge is 0.157 e. The fourth-order valence-corrected chi connectivity index (χ4v) is 1.34. The van der Waals surface area contributed by atoms with Crippen LogP contribution in [-0.2, 0) is 9.47 Å². The highest BCUT2D eigenvalue weighted by molar-refractivity contribution is 4.62. The van der Waals surface area contributed by atoms with Gasteiger partial charge < -0.3 is 14.6 Å². The fourth-order valence-electron chi connectivity index (χ4n) is 1.34. The Morgan fingerprint density at radius 2 is 2.23 bits per heavy atom. The van der Waals surface area contributed by atoms with Gasteiger partial charge in [0.2, 0.25) is 0 Å². The molecule has 0 amide bonds. The van der Waals surface area contributed by atoms with Crippen molar-refractivity contribution in [1.82, 2.24) is 0 Å². The number of ether oxygens (including phenoxy) is 2. The lowest BCUT2D eigenvalue weighted by Gasteiger charge is -2.28. The Hall–Kier alpha value is -0.120. The van der Waals surface area contributed by atoms with Crippen LogP contribution in [0.15, 0.2) is 0 Å².